The number of ether oxygens (including phenoxy) is 1. The van der Waals surface area contributed by atoms with Gasteiger partial charge in [-0.2, -0.15) is 0 Å². The van der Waals surface area contributed by atoms with Crippen LogP contribution in [-0.2, 0) is 17.8 Å². The molecule has 0 aliphatic rings. The molecule has 0 saturated carbocycles. The van der Waals surface area contributed by atoms with Crippen LogP contribution in [-0.4, -0.2) is 5.97 Å². The summed E-state index contributed by atoms with van der Waals surface area (Å²) in [5.74, 6) is -0.191. The van der Waals surface area contributed by atoms with Crippen molar-refractivity contribution in [3.05, 3.63) is 114 Å². The SMILES string of the molecule is O=C([O-])CCc1ccccc1-c1cccc(-c2ccccc2COc2ccccc2)c1.[Na+]. The standard InChI is InChI=1S/C28H24O3.Na/c29-28(30)18-17-21-9-4-6-15-26(21)22-11-8-12-23(19-22)27-16-7-5-10-24(27)20-31-25-13-2-1-3-14-25;/h1-16,19H,17-18,20H2,(H,29,30);/q;+1/p-1. The van der Waals surface area contributed by atoms with E-state index in [1.165, 1.54) is 0 Å². The van der Waals surface area contributed by atoms with Crippen molar-refractivity contribution >= 4 is 5.97 Å². The first-order chi connectivity index (χ1) is 15.2. The van der Waals surface area contributed by atoms with Crippen molar-refractivity contribution in [1.29, 1.82) is 0 Å². The van der Waals surface area contributed by atoms with E-state index < -0.39 is 5.97 Å². The molecule has 0 aliphatic carbocycles. The maximum absolute atomic E-state index is 10.9. The Kier molecular flexibility index (Phi) is 8.69. The number of aryl methyl sites for hydroxylation is 1. The minimum Gasteiger partial charge on any atom is -0.550 e. The van der Waals surface area contributed by atoms with Crippen LogP contribution in [0.15, 0.2) is 103 Å². The van der Waals surface area contributed by atoms with Gasteiger partial charge in [0.15, 0.2) is 0 Å². The molecule has 32 heavy (non-hydrogen) atoms. The van der Waals surface area contributed by atoms with Crippen molar-refractivity contribution in [3.63, 3.8) is 0 Å². The van der Waals surface area contributed by atoms with Gasteiger partial charge in [-0.1, -0.05) is 84.9 Å². The molecule has 0 saturated heterocycles. The van der Waals surface area contributed by atoms with Crippen molar-refractivity contribution in [2.75, 3.05) is 0 Å². The molecule has 0 heterocycles. The number of benzene rings is 4. The van der Waals surface area contributed by atoms with Crippen LogP contribution in [0.25, 0.3) is 22.3 Å². The van der Waals surface area contributed by atoms with Gasteiger partial charge in [0.25, 0.3) is 0 Å². The smallest absolute Gasteiger partial charge is 0.550 e. The number of carboxylic acids is 1. The van der Waals surface area contributed by atoms with E-state index in [9.17, 15) is 9.90 Å². The van der Waals surface area contributed by atoms with E-state index in [2.05, 4.69) is 30.3 Å². The summed E-state index contributed by atoms with van der Waals surface area (Å²) in [5.41, 5.74) is 6.43. The summed E-state index contributed by atoms with van der Waals surface area (Å²) in [5, 5.41) is 10.9. The fourth-order valence-corrected chi connectivity index (χ4v) is 3.72. The number of rotatable bonds is 8. The molecule has 4 heteroatoms. The van der Waals surface area contributed by atoms with Crippen LogP contribution in [0.2, 0.25) is 0 Å². The molecule has 0 bridgehead atoms. The summed E-state index contributed by atoms with van der Waals surface area (Å²) >= 11 is 0. The maximum Gasteiger partial charge on any atom is 1.00 e. The first-order valence-corrected chi connectivity index (χ1v) is 10.3. The first kappa shape index (κ1) is 23.8. The molecule has 0 amide bonds. The van der Waals surface area contributed by atoms with Crippen LogP contribution in [0.4, 0.5) is 0 Å². The van der Waals surface area contributed by atoms with Crippen molar-refractivity contribution in [1.82, 2.24) is 0 Å². The fourth-order valence-electron chi connectivity index (χ4n) is 3.72. The molecule has 0 atom stereocenters. The number of hydrogen-bond acceptors (Lipinski definition) is 3. The van der Waals surface area contributed by atoms with Gasteiger partial charge in [-0.3, -0.25) is 0 Å². The Morgan fingerprint density at radius 3 is 1.91 bits per heavy atom. The predicted octanol–water partition coefficient (Wildman–Crippen LogP) is 2.29. The van der Waals surface area contributed by atoms with E-state index in [4.69, 9.17) is 4.74 Å². The Morgan fingerprint density at radius 1 is 0.688 bits per heavy atom. The van der Waals surface area contributed by atoms with Crippen LogP contribution < -0.4 is 39.4 Å². The second kappa shape index (κ2) is 11.7. The van der Waals surface area contributed by atoms with Gasteiger partial charge >= 0.3 is 29.6 Å². The maximum atomic E-state index is 10.9. The van der Waals surface area contributed by atoms with E-state index in [1.54, 1.807) is 0 Å². The van der Waals surface area contributed by atoms with Gasteiger partial charge in [0.1, 0.15) is 12.4 Å². The summed E-state index contributed by atoms with van der Waals surface area (Å²) in [7, 11) is 0. The number of carbonyl (C=O) groups is 1. The van der Waals surface area contributed by atoms with Gasteiger partial charge in [0.2, 0.25) is 0 Å². The molecule has 0 aromatic heterocycles. The average molecular weight is 430 g/mol. The predicted molar refractivity (Wildman–Crippen MR) is 121 cm³/mol. The third-order valence-corrected chi connectivity index (χ3v) is 5.26. The van der Waals surface area contributed by atoms with E-state index in [0.717, 1.165) is 39.1 Å². The van der Waals surface area contributed by atoms with Crippen molar-refractivity contribution in [2.24, 2.45) is 0 Å². The quantitative estimate of drug-likeness (QED) is 0.403. The second-order valence-corrected chi connectivity index (χ2v) is 7.37. The summed E-state index contributed by atoms with van der Waals surface area (Å²) < 4.78 is 5.98. The van der Waals surface area contributed by atoms with Gasteiger partial charge in [-0.05, 0) is 64.4 Å². The summed E-state index contributed by atoms with van der Waals surface area (Å²) in [6.07, 6.45) is 0.459. The van der Waals surface area contributed by atoms with E-state index in [-0.39, 0.29) is 36.0 Å². The minimum absolute atomic E-state index is 0. The fraction of sp³-hybridized carbons (Fsp3) is 0.107. The van der Waals surface area contributed by atoms with E-state index in [0.29, 0.717) is 13.0 Å². The Bertz CT molecular complexity index is 1170. The van der Waals surface area contributed by atoms with Crippen molar-refractivity contribution < 1.29 is 44.2 Å². The topological polar surface area (TPSA) is 49.4 Å². The summed E-state index contributed by atoms with van der Waals surface area (Å²) in [6.45, 7) is 0.479. The third kappa shape index (κ3) is 6.10. The zero-order valence-corrected chi connectivity index (χ0v) is 20.2. The first-order valence-electron chi connectivity index (χ1n) is 10.3. The van der Waals surface area contributed by atoms with E-state index >= 15 is 0 Å². The zero-order chi connectivity index (χ0) is 21.5. The molecule has 4 aromatic carbocycles. The van der Waals surface area contributed by atoms with Crippen LogP contribution in [0.1, 0.15) is 17.5 Å². The van der Waals surface area contributed by atoms with Gasteiger partial charge < -0.3 is 14.6 Å². The number of aliphatic carboxylic acids is 1. The molecule has 0 unspecified atom stereocenters. The third-order valence-electron chi connectivity index (χ3n) is 5.26. The molecule has 4 rings (SSSR count). The Morgan fingerprint density at radius 2 is 1.25 bits per heavy atom. The molecule has 0 radical (unpaired) electrons. The molecule has 4 aromatic rings. The zero-order valence-electron chi connectivity index (χ0n) is 18.2. The van der Waals surface area contributed by atoms with Crippen LogP contribution in [0.5, 0.6) is 5.75 Å². The van der Waals surface area contributed by atoms with Gasteiger partial charge in [0.05, 0.1) is 0 Å². The van der Waals surface area contributed by atoms with Crippen LogP contribution in [0, 0.1) is 0 Å². The summed E-state index contributed by atoms with van der Waals surface area (Å²) in [4.78, 5) is 10.9. The van der Waals surface area contributed by atoms with E-state index in [1.807, 2.05) is 72.8 Å². The Labute approximate surface area is 211 Å². The molecular formula is C28H23NaO3. The average Bonchev–Trinajstić information content (AvgIpc) is 2.82. The summed E-state index contributed by atoms with van der Waals surface area (Å²) in [6, 6.07) is 34.3. The molecule has 0 fully saturated rings. The van der Waals surface area contributed by atoms with Gasteiger partial charge in [-0.25, -0.2) is 0 Å². The number of carboxylic acid groups (broad SMARTS) is 1. The monoisotopic (exact) mass is 430 g/mol. The Hall–Kier alpha value is -2.85. The van der Waals surface area contributed by atoms with Crippen LogP contribution >= 0.6 is 0 Å². The molecule has 0 aliphatic heterocycles. The minimum atomic E-state index is -1.03. The largest absolute Gasteiger partial charge is 1.00 e. The second-order valence-electron chi connectivity index (χ2n) is 7.37. The Balaban J connectivity index is 0.00000289. The van der Waals surface area contributed by atoms with Gasteiger partial charge in [-0.15, -0.1) is 0 Å². The van der Waals surface area contributed by atoms with Crippen LogP contribution in [0.3, 0.4) is 0 Å². The molecule has 3 nitrogen and oxygen atoms in total. The normalized spacial score (nSPS) is 10.2. The van der Waals surface area contributed by atoms with Gasteiger partial charge in [0, 0.05) is 5.97 Å². The number of hydrogen-bond donors (Lipinski definition) is 0. The van der Waals surface area contributed by atoms with Crippen molar-refractivity contribution in [3.8, 4) is 28.0 Å². The molecule has 0 spiro atoms. The molecule has 0 N–H and O–H groups in total. The van der Waals surface area contributed by atoms with Crippen molar-refractivity contribution in [2.45, 2.75) is 19.4 Å². The number of carbonyl (C=O) groups excluding carboxylic acids is 1. The molecule has 154 valence electrons. The molecular weight excluding hydrogens is 407 g/mol. The number of para-hydroxylation sites is 1.